The predicted octanol–water partition coefficient (Wildman–Crippen LogP) is 5.09. The van der Waals surface area contributed by atoms with Crippen LogP contribution in [0.5, 0.6) is 0 Å². The van der Waals surface area contributed by atoms with Crippen molar-refractivity contribution in [2.75, 3.05) is 5.32 Å². The maximum absolute atomic E-state index is 14.3. The molecule has 0 bridgehead atoms. The normalized spacial score (nSPS) is 10.5. The van der Waals surface area contributed by atoms with Gasteiger partial charge in [0.1, 0.15) is 17.3 Å². The summed E-state index contributed by atoms with van der Waals surface area (Å²) in [4.78, 5) is 13.4. The fraction of sp³-hybridized carbons (Fsp3) is 0. The standard InChI is InChI=1S/C21H15FN4/c22-17-11-5-4-10-16(17)19-14-20(24-15-8-2-1-3-9-15)26-21(25-19)18-12-6-7-13-23-18/h1-14H,(H,24,25,26). The van der Waals surface area contributed by atoms with Crippen molar-refractivity contribution < 1.29 is 4.39 Å². The monoisotopic (exact) mass is 342 g/mol. The van der Waals surface area contributed by atoms with E-state index in [0.717, 1.165) is 5.69 Å². The lowest BCUT2D eigenvalue weighted by molar-refractivity contribution is 0.630. The summed E-state index contributed by atoms with van der Waals surface area (Å²) in [6, 6.07) is 23.5. The molecule has 0 fully saturated rings. The Morgan fingerprint density at radius 2 is 1.50 bits per heavy atom. The minimum Gasteiger partial charge on any atom is -0.340 e. The zero-order chi connectivity index (χ0) is 17.8. The molecule has 2 aromatic carbocycles. The number of nitrogens with zero attached hydrogens (tertiary/aromatic N) is 3. The van der Waals surface area contributed by atoms with E-state index in [4.69, 9.17) is 0 Å². The molecule has 1 N–H and O–H groups in total. The van der Waals surface area contributed by atoms with Gasteiger partial charge in [-0.05, 0) is 36.4 Å². The number of hydrogen-bond acceptors (Lipinski definition) is 4. The van der Waals surface area contributed by atoms with Gasteiger partial charge in [-0.1, -0.05) is 36.4 Å². The van der Waals surface area contributed by atoms with Crippen LogP contribution in [0.1, 0.15) is 0 Å². The number of para-hydroxylation sites is 1. The molecule has 0 saturated carbocycles. The Hall–Kier alpha value is -3.60. The molecular weight excluding hydrogens is 327 g/mol. The summed E-state index contributed by atoms with van der Waals surface area (Å²) in [5.41, 5.74) is 2.43. The van der Waals surface area contributed by atoms with Gasteiger partial charge in [0.05, 0.1) is 5.69 Å². The number of benzene rings is 2. The smallest absolute Gasteiger partial charge is 0.180 e. The predicted molar refractivity (Wildman–Crippen MR) is 100 cm³/mol. The number of pyridine rings is 1. The summed E-state index contributed by atoms with van der Waals surface area (Å²) in [6.45, 7) is 0. The van der Waals surface area contributed by atoms with E-state index in [2.05, 4.69) is 20.3 Å². The quantitative estimate of drug-likeness (QED) is 0.561. The van der Waals surface area contributed by atoms with Crippen LogP contribution in [0, 0.1) is 5.82 Å². The van der Waals surface area contributed by atoms with E-state index >= 15 is 0 Å². The third-order valence-electron chi connectivity index (χ3n) is 3.82. The van der Waals surface area contributed by atoms with Crippen LogP contribution in [-0.4, -0.2) is 15.0 Å². The number of nitrogens with one attached hydrogen (secondary N) is 1. The topological polar surface area (TPSA) is 50.7 Å². The Balaban J connectivity index is 1.83. The first-order chi connectivity index (χ1) is 12.8. The minimum atomic E-state index is -0.330. The Bertz CT molecular complexity index is 1020. The molecule has 4 nitrogen and oxygen atoms in total. The fourth-order valence-corrected chi connectivity index (χ4v) is 2.60. The van der Waals surface area contributed by atoms with Crippen LogP contribution in [-0.2, 0) is 0 Å². The minimum absolute atomic E-state index is 0.330. The Morgan fingerprint density at radius 3 is 2.27 bits per heavy atom. The van der Waals surface area contributed by atoms with Crippen LogP contribution >= 0.6 is 0 Å². The third-order valence-corrected chi connectivity index (χ3v) is 3.82. The molecule has 4 aromatic rings. The van der Waals surface area contributed by atoms with Gasteiger partial charge in [-0.25, -0.2) is 14.4 Å². The SMILES string of the molecule is Fc1ccccc1-c1cc(Nc2ccccc2)nc(-c2ccccn2)n1. The maximum Gasteiger partial charge on any atom is 0.180 e. The lowest BCUT2D eigenvalue weighted by Crippen LogP contribution is -2.00. The van der Waals surface area contributed by atoms with E-state index in [-0.39, 0.29) is 5.82 Å². The summed E-state index contributed by atoms with van der Waals surface area (Å²) in [5.74, 6) is 0.679. The van der Waals surface area contributed by atoms with Gasteiger partial charge in [0.25, 0.3) is 0 Å². The zero-order valence-corrected chi connectivity index (χ0v) is 13.8. The van der Waals surface area contributed by atoms with Crippen molar-refractivity contribution in [3.63, 3.8) is 0 Å². The summed E-state index contributed by atoms with van der Waals surface area (Å²) >= 11 is 0. The highest BCUT2D eigenvalue weighted by Gasteiger charge is 2.12. The molecule has 2 heterocycles. The summed E-state index contributed by atoms with van der Waals surface area (Å²) in [7, 11) is 0. The fourth-order valence-electron chi connectivity index (χ4n) is 2.60. The van der Waals surface area contributed by atoms with E-state index in [1.165, 1.54) is 6.07 Å². The molecular formula is C21H15FN4. The van der Waals surface area contributed by atoms with Crippen LogP contribution < -0.4 is 5.32 Å². The Morgan fingerprint density at radius 1 is 0.731 bits per heavy atom. The van der Waals surface area contributed by atoms with Crippen molar-refractivity contribution in [2.24, 2.45) is 0 Å². The molecule has 0 radical (unpaired) electrons. The second-order valence-corrected chi connectivity index (χ2v) is 5.65. The third kappa shape index (κ3) is 3.42. The first kappa shape index (κ1) is 15.9. The van der Waals surface area contributed by atoms with Gasteiger partial charge >= 0.3 is 0 Å². The average Bonchev–Trinajstić information content (AvgIpc) is 2.69. The molecule has 126 valence electrons. The van der Waals surface area contributed by atoms with Gasteiger partial charge in [-0.3, -0.25) is 4.98 Å². The molecule has 0 unspecified atom stereocenters. The number of hydrogen-bond donors (Lipinski definition) is 1. The van der Waals surface area contributed by atoms with Crippen LogP contribution in [0.3, 0.4) is 0 Å². The number of aromatic nitrogens is 3. The molecule has 0 atom stereocenters. The van der Waals surface area contributed by atoms with E-state index in [9.17, 15) is 4.39 Å². The molecule has 0 amide bonds. The van der Waals surface area contributed by atoms with Crippen LogP contribution in [0.15, 0.2) is 85.1 Å². The molecule has 0 saturated heterocycles. The van der Waals surface area contributed by atoms with Crippen molar-refractivity contribution in [3.05, 3.63) is 90.9 Å². The van der Waals surface area contributed by atoms with Crippen molar-refractivity contribution in [1.29, 1.82) is 0 Å². The molecule has 4 rings (SSSR count). The van der Waals surface area contributed by atoms with Crippen molar-refractivity contribution >= 4 is 11.5 Å². The second kappa shape index (κ2) is 7.11. The Labute approximate surface area is 150 Å². The van der Waals surface area contributed by atoms with Crippen LogP contribution in [0.25, 0.3) is 22.8 Å². The number of rotatable bonds is 4. The van der Waals surface area contributed by atoms with Crippen molar-refractivity contribution in [3.8, 4) is 22.8 Å². The molecule has 0 aliphatic heterocycles. The zero-order valence-electron chi connectivity index (χ0n) is 13.8. The summed E-state index contributed by atoms with van der Waals surface area (Å²) in [6.07, 6.45) is 1.68. The lowest BCUT2D eigenvalue weighted by Gasteiger charge is -2.10. The second-order valence-electron chi connectivity index (χ2n) is 5.65. The van der Waals surface area contributed by atoms with E-state index in [0.29, 0.717) is 28.6 Å². The lowest BCUT2D eigenvalue weighted by atomic mass is 10.1. The highest BCUT2D eigenvalue weighted by Crippen LogP contribution is 2.26. The molecule has 26 heavy (non-hydrogen) atoms. The van der Waals surface area contributed by atoms with E-state index in [1.54, 1.807) is 30.5 Å². The molecule has 0 aliphatic rings. The van der Waals surface area contributed by atoms with Gasteiger partial charge in [0.15, 0.2) is 5.82 Å². The van der Waals surface area contributed by atoms with Crippen molar-refractivity contribution in [1.82, 2.24) is 15.0 Å². The van der Waals surface area contributed by atoms with Gasteiger partial charge in [-0.2, -0.15) is 0 Å². The molecule has 0 aliphatic carbocycles. The van der Waals surface area contributed by atoms with Gasteiger partial charge in [0, 0.05) is 23.5 Å². The average molecular weight is 342 g/mol. The first-order valence-corrected chi connectivity index (χ1v) is 8.17. The van der Waals surface area contributed by atoms with Crippen LogP contribution in [0.4, 0.5) is 15.9 Å². The Kier molecular flexibility index (Phi) is 4.35. The first-order valence-electron chi connectivity index (χ1n) is 8.17. The highest BCUT2D eigenvalue weighted by molar-refractivity contribution is 5.69. The largest absolute Gasteiger partial charge is 0.340 e. The number of halogens is 1. The van der Waals surface area contributed by atoms with Gasteiger partial charge < -0.3 is 5.32 Å². The van der Waals surface area contributed by atoms with E-state index < -0.39 is 0 Å². The molecule has 0 spiro atoms. The van der Waals surface area contributed by atoms with Gasteiger partial charge in [-0.15, -0.1) is 0 Å². The molecule has 5 heteroatoms. The van der Waals surface area contributed by atoms with E-state index in [1.807, 2.05) is 48.5 Å². The maximum atomic E-state index is 14.3. The van der Waals surface area contributed by atoms with Crippen molar-refractivity contribution in [2.45, 2.75) is 0 Å². The molecule has 2 aromatic heterocycles. The van der Waals surface area contributed by atoms with Gasteiger partial charge in [0.2, 0.25) is 0 Å². The summed E-state index contributed by atoms with van der Waals surface area (Å²) in [5, 5.41) is 3.24. The van der Waals surface area contributed by atoms with Crippen LogP contribution in [0.2, 0.25) is 0 Å². The number of anilines is 2. The summed E-state index contributed by atoms with van der Waals surface area (Å²) < 4.78 is 14.3. The highest BCUT2D eigenvalue weighted by atomic mass is 19.1.